The van der Waals surface area contributed by atoms with E-state index in [2.05, 4.69) is 4.90 Å². The second-order valence-electron chi connectivity index (χ2n) is 5.37. The fourth-order valence-electron chi connectivity index (χ4n) is 2.73. The first kappa shape index (κ1) is 12.2. The summed E-state index contributed by atoms with van der Waals surface area (Å²) in [5.41, 5.74) is 2.19. The van der Waals surface area contributed by atoms with E-state index in [1.54, 1.807) is 12.1 Å². The molecule has 1 aromatic carbocycles. The van der Waals surface area contributed by atoms with Crippen LogP contribution in [0.4, 0.5) is 5.69 Å². The second kappa shape index (κ2) is 5.03. The summed E-state index contributed by atoms with van der Waals surface area (Å²) in [6, 6.07) is 5.45. The number of likely N-dealkylation sites (tertiary alicyclic amines) is 1. The molecule has 1 saturated carbocycles. The van der Waals surface area contributed by atoms with Gasteiger partial charge in [-0.3, -0.25) is 10.1 Å². The summed E-state index contributed by atoms with van der Waals surface area (Å²) in [5.74, 6) is 0.526. The first-order chi connectivity index (χ1) is 9.25. The van der Waals surface area contributed by atoms with Gasteiger partial charge in [-0.2, -0.15) is 0 Å². The van der Waals surface area contributed by atoms with Crippen molar-refractivity contribution in [2.45, 2.75) is 31.6 Å². The largest absolute Gasteiger partial charge is 0.377 e. The molecule has 0 N–H and O–H groups in total. The minimum atomic E-state index is -0.268. The zero-order valence-corrected chi connectivity index (χ0v) is 10.9. The summed E-state index contributed by atoms with van der Waals surface area (Å²) in [4.78, 5) is 13.1. The van der Waals surface area contributed by atoms with Gasteiger partial charge in [0.25, 0.3) is 5.69 Å². The highest BCUT2D eigenvalue weighted by Crippen LogP contribution is 2.44. The summed E-state index contributed by atoms with van der Waals surface area (Å²) in [6.07, 6.45) is 8.73. The Kier molecular flexibility index (Phi) is 3.23. The van der Waals surface area contributed by atoms with E-state index >= 15 is 0 Å². The van der Waals surface area contributed by atoms with Crippen molar-refractivity contribution in [3.05, 3.63) is 45.6 Å². The van der Waals surface area contributed by atoms with E-state index < -0.39 is 0 Å². The van der Waals surface area contributed by atoms with E-state index in [4.69, 9.17) is 0 Å². The summed E-state index contributed by atoms with van der Waals surface area (Å²) in [6.45, 7) is 2.13. The summed E-state index contributed by atoms with van der Waals surface area (Å²) < 4.78 is 0. The Morgan fingerprint density at radius 3 is 2.63 bits per heavy atom. The third-order valence-corrected chi connectivity index (χ3v) is 3.92. The lowest BCUT2D eigenvalue weighted by Gasteiger charge is -2.11. The van der Waals surface area contributed by atoms with Crippen molar-refractivity contribution in [2.24, 2.45) is 0 Å². The van der Waals surface area contributed by atoms with E-state index in [9.17, 15) is 10.1 Å². The van der Waals surface area contributed by atoms with Crippen molar-refractivity contribution in [1.29, 1.82) is 0 Å². The smallest absolute Gasteiger partial charge is 0.276 e. The molecular weight excluding hydrogens is 240 g/mol. The van der Waals surface area contributed by atoms with Crippen LogP contribution in [0.1, 0.15) is 42.7 Å². The first-order valence-corrected chi connectivity index (χ1v) is 6.95. The maximum absolute atomic E-state index is 11.2. The first-order valence-electron chi connectivity index (χ1n) is 6.95. The predicted molar refractivity (Wildman–Crippen MR) is 74.9 cm³/mol. The Morgan fingerprint density at radius 1 is 1.26 bits per heavy atom. The van der Waals surface area contributed by atoms with Crippen LogP contribution in [-0.2, 0) is 0 Å². The molecule has 0 amide bonds. The fraction of sp³-hybridized carbons (Fsp3) is 0.467. The molecule has 0 spiro atoms. The van der Waals surface area contributed by atoms with Crippen LogP contribution in [0.15, 0.2) is 24.4 Å². The number of benzene rings is 1. The molecule has 0 aromatic heterocycles. The lowest BCUT2D eigenvalue weighted by molar-refractivity contribution is -0.385. The van der Waals surface area contributed by atoms with E-state index in [1.165, 1.54) is 12.8 Å². The molecule has 4 nitrogen and oxygen atoms in total. The topological polar surface area (TPSA) is 46.4 Å². The Bertz CT molecular complexity index is 515. The quantitative estimate of drug-likeness (QED) is 0.613. The summed E-state index contributed by atoms with van der Waals surface area (Å²) in [7, 11) is 0. The lowest BCUT2D eigenvalue weighted by atomic mass is 10.0. The summed E-state index contributed by atoms with van der Waals surface area (Å²) >= 11 is 0. The van der Waals surface area contributed by atoms with E-state index in [-0.39, 0.29) is 10.6 Å². The number of rotatable bonds is 4. The molecule has 0 bridgehead atoms. The highest BCUT2D eigenvalue weighted by Gasteiger charge is 2.28. The van der Waals surface area contributed by atoms with Gasteiger partial charge in [-0.25, -0.2) is 0 Å². The Labute approximate surface area is 112 Å². The van der Waals surface area contributed by atoms with Crippen molar-refractivity contribution in [3.63, 3.8) is 0 Å². The Hall–Kier alpha value is -1.84. The Morgan fingerprint density at radius 2 is 2.00 bits per heavy atom. The number of nitrogens with zero attached hydrogens (tertiary/aromatic N) is 2. The van der Waals surface area contributed by atoms with Crippen LogP contribution in [0.3, 0.4) is 0 Å². The molecule has 19 heavy (non-hydrogen) atoms. The SMILES string of the molecule is O=[N+]([O-])c1cccc(C2CC2)c1C=CN1CCCC1. The van der Waals surface area contributed by atoms with Crippen molar-refractivity contribution in [3.8, 4) is 0 Å². The third kappa shape index (κ3) is 2.62. The highest BCUT2D eigenvalue weighted by atomic mass is 16.6. The van der Waals surface area contributed by atoms with Crippen LogP contribution >= 0.6 is 0 Å². The van der Waals surface area contributed by atoms with Gasteiger partial charge < -0.3 is 4.90 Å². The minimum Gasteiger partial charge on any atom is -0.377 e. The van der Waals surface area contributed by atoms with Gasteiger partial charge in [-0.05, 0) is 49.4 Å². The van der Waals surface area contributed by atoms with Gasteiger partial charge in [-0.15, -0.1) is 0 Å². The molecule has 2 aliphatic rings. The molecule has 1 aromatic rings. The van der Waals surface area contributed by atoms with Crippen LogP contribution in [0.5, 0.6) is 0 Å². The van der Waals surface area contributed by atoms with Gasteiger partial charge in [0.2, 0.25) is 0 Å². The number of nitro groups is 1. The molecule has 1 aliphatic carbocycles. The van der Waals surface area contributed by atoms with Gasteiger partial charge in [0.05, 0.1) is 10.5 Å². The van der Waals surface area contributed by atoms with Gasteiger partial charge >= 0.3 is 0 Å². The molecular formula is C15H18N2O2. The predicted octanol–water partition coefficient (Wildman–Crippen LogP) is 3.54. The van der Waals surface area contributed by atoms with Crippen molar-refractivity contribution >= 4 is 11.8 Å². The average Bonchev–Trinajstić information content (AvgIpc) is 3.12. The molecule has 100 valence electrons. The van der Waals surface area contributed by atoms with E-state index in [1.807, 2.05) is 18.3 Å². The normalized spacial score (nSPS) is 19.3. The molecule has 0 unspecified atom stereocenters. The molecule has 1 aliphatic heterocycles. The lowest BCUT2D eigenvalue weighted by Crippen LogP contribution is -2.10. The minimum absolute atomic E-state index is 0.236. The summed E-state index contributed by atoms with van der Waals surface area (Å²) in [5, 5.41) is 11.2. The molecule has 3 rings (SSSR count). The van der Waals surface area contributed by atoms with Gasteiger partial charge in [0.15, 0.2) is 0 Å². The van der Waals surface area contributed by atoms with Gasteiger partial charge in [-0.1, -0.05) is 12.1 Å². The van der Waals surface area contributed by atoms with E-state index in [0.29, 0.717) is 5.92 Å². The highest BCUT2D eigenvalue weighted by molar-refractivity contribution is 5.65. The molecule has 4 heteroatoms. The standard InChI is InChI=1S/C15H18N2O2/c18-17(19)15-5-3-4-13(12-6-7-12)14(15)8-11-16-9-1-2-10-16/h3-5,8,11-12H,1-2,6-7,9-10H2. The number of hydrogen-bond acceptors (Lipinski definition) is 3. The molecule has 0 radical (unpaired) electrons. The molecule has 1 saturated heterocycles. The zero-order valence-electron chi connectivity index (χ0n) is 10.9. The van der Waals surface area contributed by atoms with Gasteiger partial charge in [0, 0.05) is 19.2 Å². The molecule has 0 atom stereocenters. The average molecular weight is 258 g/mol. The van der Waals surface area contributed by atoms with Crippen LogP contribution < -0.4 is 0 Å². The maximum atomic E-state index is 11.2. The van der Waals surface area contributed by atoms with Crippen molar-refractivity contribution in [1.82, 2.24) is 4.90 Å². The van der Waals surface area contributed by atoms with Gasteiger partial charge in [0.1, 0.15) is 0 Å². The second-order valence-corrected chi connectivity index (χ2v) is 5.37. The van der Waals surface area contributed by atoms with Crippen LogP contribution in [0.2, 0.25) is 0 Å². The van der Waals surface area contributed by atoms with E-state index in [0.717, 1.165) is 37.1 Å². The zero-order chi connectivity index (χ0) is 13.2. The van der Waals surface area contributed by atoms with Crippen LogP contribution in [0, 0.1) is 10.1 Å². The monoisotopic (exact) mass is 258 g/mol. The fourth-order valence-corrected chi connectivity index (χ4v) is 2.73. The van der Waals surface area contributed by atoms with Crippen LogP contribution in [-0.4, -0.2) is 22.9 Å². The number of nitro benzene ring substituents is 1. The van der Waals surface area contributed by atoms with Crippen molar-refractivity contribution < 1.29 is 4.92 Å². The van der Waals surface area contributed by atoms with Crippen molar-refractivity contribution in [2.75, 3.05) is 13.1 Å². The molecule has 2 fully saturated rings. The molecule has 1 heterocycles. The third-order valence-electron chi connectivity index (χ3n) is 3.92. The van der Waals surface area contributed by atoms with Crippen LogP contribution in [0.25, 0.3) is 6.08 Å². The number of hydrogen-bond donors (Lipinski definition) is 0. The Balaban J connectivity index is 1.93. The maximum Gasteiger partial charge on any atom is 0.276 e.